The molecule has 0 radical (unpaired) electrons. The molecule has 2 aliphatic heterocycles. The lowest BCUT2D eigenvalue weighted by atomic mass is 9.82. The molecule has 0 aromatic heterocycles. The molecule has 1 aliphatic carbocycles. The molecular weight excluding hydrogens is 462 g/mol. The highest BCUT2D eigenvalue weighted by Crippen LogP contribution is 2.33. The van der Waals surface area contributed by atoms with Gasteiger partial charge in [-0.2, -0.15) is 0 Å². The summed E-state index contributed by atoms with van der Waals surface area (Å²) in [5.41, 5.74) is 4.65. The van der Waals surface area contributed by atoms with Crippen molar-refractivity contribution < 1.29 is 14.3 Å². The largest absolute Gasteiger partial charge is 0.483 e. The van der Waals surface area contributed by atoms with E-state index in [2.05, 4.69) is 42.3 Å². The van der Waals surface area contributed by atoms with Gasteiger partial charge < -0.3 is 19.9 Å². The predicted molar refractivity (Wildman–Crippen MR) is 138 cm³/mol. The fourth-order valence-electron chi connectivity index (χ4n) is 5.41. The lowest BCUT2D eigenvalue weighted by molar-refractivity contribution is -0.141. The fraction of sp³-hybridized carbons (Fsp3) is 0.429. The molecule has 0 spiro atoms. The molecular formula is C28H32ClN3O3. The molecule has 7 heteroatoms. The van der Waals surface area contributed by atoms with E-state index in [1.54, 1.807) is 18.2 Å². The number of carbonyl (C=O) groups is 2. The molecule has 2 heterocycles. The quantitative estimate of drug-likeness (QED) is 0.646. The minimum atomic E-state index is -0.226. The van der Waals surface area contributed by atoms with Gasteiger partial charge in [-0.05, 0) is 74.1 Å². The van der Waals surface area contributed by atoms with E-state index in [1.165, 1.54) is 16.8 Å². The van der Waals surface area contributed by atoms with Gasteiger partial charge in [-0.3, -0.25) is 9.59 Å². The number of carbonyl (C=O) groups excluding carboxylic acids is 2. The minimum Gasteiger partial charge on any atom is -0.483 e. The number of anilines is 1. The van der Waals surface area contributed by atoms with Crippen LogP contribution < -0.4 is 10.2 Å². The number of nitrogens with zero attached hydrogens (tertiary/aromatic N) is 2. The number of ether oxygens (including phenoxy) is 1. The Morgan fingerprint density at radius 1 is 1.06 bits per heavy atom. The van der Waals surface area contributed by atoms with Crippen LogP contribution in [0.4, 0.5) is 5.69 Å². The highest BCUT2D eigenvalue weighted by molar-refractivity contribution is 6.30. The standard InChI is InChI=1S/C28H32ClN3O3/c1-18-3-4-19(2)24(15-18)31-11-13-32(14-12-31)28(34)21-7-10-25-23(17-21)30-27(33)26(35-25)16-20-5-8-22(29)9-6-20/h3-6,8-9,15-16,21,23,25H,7,10-14,17H2,1-2H3,(H,30,33)/b26-16-. The summed E-state index contributed by atoms with van der Waals surface area (Å²) in [6.07, 6.45) is 3.80. The molecule has 3 aliphatic rings. The van der Waals surface area contributed by atoms with Crippen LogP contribution in [0.2, 0.25) is 5.02 Å². The molecule has 2 aromatic rings. The van der Waals surface area contributed by atoms with Crippen LogP contribution in [-0.2, 0) is 14.3 Å². The molecule has 2 saturated heterocycles. The van der Waals surface area contributed by atoms with Gasteiger partial charge in [0.1, 0.15) is 6.10 Å². The highest BCUT2D eigenvalue weighted by atomic mass is 35.5. The Hall–Kier alpha value is -2.99. The number of benzene rings is 2. The lowest BCUT2D eigenvalue weighted by Crippen LogP contribution is -2.56. The summed E-state index contributed by atoms with van der Waals surface area (Å²) >= 11 is 5.95. The molecule has 1 saturated carbocycles. The van der Waals surface area contributed by atoms with E-state index in [9.17, 15) is 9.59 Å². The Labute approximate surface area is 211 Å². The van der Waals surface area contributed by atoms with E-state index >= 15 is 0 Å². The summed E-state index contributed by atoms with van der Waals surface area (Å²) < 4.78 is 6.08. The Balaban J connectivity index is 1.17. The van der Waals surface area contributed by atoms with Crippen LogP contribution >= 0.6 is 11.6 Å². The van der Waals surface area contributed by atoms with Gasteiger partial charge >= 0.3 is 0 Å². The van der Waals surface area contributed by atoms with Crippen LogP contribution in [0.3, 0.4) is 0 Å². The summed E-state index contributed by atoms with van der Waals surface area (Å²) in [6, 6.07) is 13.7. The zero-order valence-electron chi connectivity index (χ0n) is 20.3. The molecule has 0 bridgehead atoms. The Kier molecular flexibility index (Phi) is 6.74. The van der Waals surface area contributed by atoms with Crippen molar-refractivity contribution in [3.8, 4) is 0 Å². The second-order valence-corrected chi connectivity index (χ2v) is 10.3. The first-order valence-corrected chi connectivity index (χ1v) is 12.8. The summed E-state index contributed by atoms with van der Waals surface area (Å²) in [5.74, 6) is 0.229. The van der Waals surface area contributed by atoms with Crippen molar-refractivity contribution in [1.82, 2.24) is 10.2 Å². The van der Waals surface area contributed by atoms with Gasteiger partial charge in [0.15, 0.2) is 5.76 Å². The molecule has 2 amide bonds. The second-order valence-electron chi connectivity index (χ2n) is 9.91. The van der Waals surface area contributed by atoms with Crippen molar-refractivity contribution in [1.29, 1.82) is 0 Å². The van der Waals surface area contributed by atoms with Crippen LogP contribution in [0, 0.1) is 19.8 Å². The normalized spacial score (nSPS) is 25.6. The molecule has 5 rings (SSSR count). The molecule has 3 unspecified atom stereocenters. The average Bonchev–Trinajstić information content (AvgIpc) is 2.86. The molecule has 35 heavy (non-hydrogen) atoms. The van der Waals surface area contributed by atoms with Crippen LogP contribution in [0.5, 0.6) is 0 Å². The van der Waals surface area contributed by atoms with E-state index in [1.807, 2.05) is 17.0 Å². The number of halogens is 1. The molecule has 3 atom stereocenters. The summed E-state index contributed by atoms with van der Waals surface area (Å²) in [7, 11) is 0. The maximum atomic E-state index is 13.3. The van der Waals surface area contributed by atoms with Crippen LogP contribution in [0.15, 0.2) is 48.2 Å². The summed E-state index contributed by atoms with van der Waals surface area (Å²) in [4.78, 5) is 30.4. The van der Waals surface area contributed by atoms with Crippen molar-refractivity contribution in [2.45, 2.75) is 45.3 Å². The summed E-state index contributed by atoms with van der Waals surface area (Å²) in [5, 5.41) is 3.74. The Morgan fingerprint density at radius 3 is 2.54 bits per heavy atom. The number of piperazine rings is 1. The van der Waals surface area contributed by atoms with Crippen molar-refractivity contribution >= 4 is 35.2 Å². The van der Waals surface area contributed by atoms with Crippen molar-refractivity contribution in [2.24, 2.45) is 5.92 Å². The van der Waals surface area contributed by atoms with Gasteiger partial charge in [-0.25, -0.2) is 0 Å². The number of hydrogen-bond acceptors (Lipinski definition) is 4. The smallest absolute Gasteiger partial charge is 0.286 e. The third-order valence-electron chi connectivity index (χ3n) is 7.42. The summed E-state index contributed by atoms with van der Waals surface area (Å²) in [6.45, 7) is 7.40. The van der Waals surface area contributed by atoms with Crippen molar-refractivity contribution in [3.63, 3.8) is 0 Å². The monoisotopic (exact) mass is 493 g/mol. The van der Waals surface area contributed by atoms with Gasteiger partial charge in [-0.15, -0.1) is 0 Å². The van der Waals surface area contributed by atoms with E-state index in [4.69, 9.17) is 16.3 Å². The van der Waals surface area contributed by atoms with E-state index in [-0.39, 0.29) is 29.9 Å². The first kappa shape index (κ1) is 23.7. The number of fused-ring (bicyclic) bond motifs is 1. The SMILES string of the molecule is Cc1ccc(C)c(N2CCN(C(=O)C3CCC4O/C(=C\c5ccc(Cl)cc5)C(=O)NC4C3)CC2)c1. The van der Waals surface area contributed by atoms with E-state index < -0.39 is 0 Å². The molecule has 6 nitrogen and oxygen atoms in total. The lowest BCUT2D eigenvalue weighted by Gasteiger charge is -2.42. The van der Waals surface area contributed by atoms with Crippen LogP contribution in [0.25, 0.3) is 6.08 Å². The topological polar surface area (TPSA) is 61.9 Å². The number of amides is 2. The third-order valence-corrected chi connectivity index (χ3v) is 7.67. The van der Waals surface area contributed by atoms with Crippen molar-refractivity contribution in [2.75, 3.05) is 31.1 Å². The third kappa shape index (κ3) is 5.18. The minimum absolute atomic E-state index is 0.0748. The second kappa shape index (κ2) is 9.94. The van der Waals surface area contributed by atoms with Gasteiger partial charge in [0.2, 0.25) is 5.91 Å². The van der Waals surface area contributed by atoms with E-state index in [0.717, 1.165) is 44.6 Å². The van der Waals surface area contributed by atoms with Gasteiger partial charge in [0.25, 0.3) is 5.91 Å². The zero-order valence-corrected chi connectivity index (χ0v) is 21.1. The number of rotatable bonds is 3. The van der Waals surface area contributed by atoms with Gasteiger partial charge in [0, 0.05) is 42.8 Å². The average molecular weight is 494 g/mol. The van der Waals surface area contributed by atoms with E-state index in [0.29, 0.717) is 17.2 Å². The maximum absolute atomic E-state index is 13.3. The zero-order chi connectivity index (χ0) is 24.5. The van der Waals surface area contributed by atoms with Crippen LogP contribution in [0.1, 0.15) is 36.0 Å². The first-order valence-electron chi connectivity index (χ1n) is 12.4. The number of hydrogen-bond donors (Lipinski definition) is 1. The molecule has 3 fully saturated rings. The van der Waals surface area contributed by atoms with Gasteiger partial charge in [-0.1, -0.05) is 35.9 Å². The Bertz CT molecular complexity index is 1140. The molecule has 184 valence electrons. The van der Waals surface area contributed by atoms with Crippen LogP contribution in [-0.4, -0.2) is 55.0 Å². The predicted octanol–water partition coefficient (Wildman–Crippen LogP) is 4.33. The maximum Gasteiger partial charge on any atom is 0.286 e. The first-order chi connectivity index (χ1) is 16.9. The molecule has 2 aromatic carbocycles. The fourth-order valence-corrected chi connectivity index (χ4v) is 5.54. The number of nitrogens with one attached hydrogen (secondary N) is 1. The highest BCUT2D eigenvalue weighted by Gasteiger charge is 2.41. The number of morpholine rings is 1. The Morgan fingerprint density at radius 2 is 1.80 bits per heavy atom. The van der Waals surface area contributed by atoms with Crippen molar-refractivity contribution in [3.05, 3.63) is 69.9 Å². The molecule has 1 N–H and O–H groups in total. The van der Waals surface area contributed by atoms with Gasteiger partial charge in [0.05, 0.1) is 6.04 Å². The number of aryl methyl sites for hydroxylation is 2.